The molecule has 2 aliphatic rings. The lowest BCUT2D eigenvalue weighted by atomic mass is 9.91. The van der Waals surface area contributed by atoms with Crippen LogP contribution in [0.15, 0.2) is 84.9 Å². The third-order valence-corrected chi connectivity index (χ3v) is 6.08. The maximum Gasteiger partial charge on any atom is 0.253 e. The number of carbonyl (C=O) groups excluding carboxylic acids is 2. The van der Waals surface area contributed by atoms with Crippen LogP contribution >= 0.6 is 0 Å². The third kappa shape index (κ3) is 3.57. The second-order valence-corrected chi connectivity index (χ2v) is 8.04. The highest BCUT2D eigenvalue weighted by atomic mass is 16.5. The summed E-state index contributed by atoms with van der Waals surface area (Å²) in [5.74, 6) is -0.169. The summed E-state index contributed by atoms with van der Waals surface area (Å²) in [6, 6.07) is 26.1. The maximum atomic E-state index is 13.6. The molecule has 0 aliphatic carbocycles. The number of nitrogens with one attached hydrogen (secondary N) is 1. The number of ether oxygens (including phenoxy) is 1. The quantitative estimate of drug-likeness (QED) is 0.608. The molecule has 1 N–H and O–H groups in total. The van der Waals surface area contributed by atoms with Crippen molar-refractivity contribution < 1.29 is 14.3 Å². The zero-order valence-electron chi connectivity index (χ0n) is 17.8. The molecule has 0 saturated carbocycles. The molecule has 0 spiro atoms. The lowest BCUT2D eigenvalue weighted by molar-refractivity contribution is -0.124. The number of amides is 2. The smallest absolute Gasteiger partial charge is 0.253 e. The van der Waals surface area contributed by atoms with Crippen LogP contribution in [0.3, 0.4) is 0 Å². The van der Waals surface area contributed by atoms with E-state index >= 15 is 0 Å². The molecule has 0 aromatic heterocycles. The number of anilines is 1. The SMILES string of the molecule is CCOc1ccc(N2C(=O)[C@@H]3[C@@H](C2=O)N(Cc2ccccc2)N[C@H]3c2ccccc2)cc1. The average molecular weight is 428 g/mol. The summed E-state index contributed by atoms with van der Waals surface area (Å²) < 4.78 is 5.50. The Labute approximate surface area is 187 Å². The molecule has 2 amide bonds. The minimum atomic E-state index is -0.570. The molecule has 2 saturated heterocycles. The first-order valence-corrected chi connectivity index (χ1v) is 10.9. The molecule has 2 aliphatic heterocycles. The second-order valence-electron chi connectivity index (χ2n) is 8.04. The average Bonchev–Trinajstić information content (AvgIpc) is 3.32. The number of hydrogen-bond donors (Lipinski definition) is 1. The van der Waals surface area contributed by atoms with Gasteiger partial charge in [-0.05, 0) is 42.3 Å². The number of rotatable bonds is 6. The minimum Gasteiger partial charge on any atom is -0.494 e. The molecule has 0 bridgehead atoms. The van der Waals surface area contributed by atoms with Crippen LogP contribution in [0.2, 0.25) is 0 Å². The van der Waals surface area contributed by atoms with Crippen molar-refractivity contribution in [1.82, 2.24) is 10.4 Å². The van der Waals surface area contributed by atoms with Crippen molar-refractivity contribution in [3.8, 4) is 5.75 Å². The lowest BCUT2D eigenvalue weighted by Crippen LogP contribution is -2.45. The fourth-order valence-corrected chi connectivity index (χ4v) is 4.65. The van der Waals surface area contributed by atoms with Gasteiger partial charge in [0.2, 0.25) is 5.91 Å². The molecule has 6 nitrogen and oxygen atoms in total. The van der Waals surface area contributed by atoms with E-state index < -0.39 is 12.0 Å². The Morgan fingerprint density at radius 3 is 2.16 bits per heavy atom. The number of hydrazine groups is 1. The van der Waals surface area contributed by atoms with Crippen LogP contribution in [0, 0.1) is 5.92 Å². The fourth-order valence-electron chi connectivity index (χ4n) is 4.65. The van der Waals surface area contributed by atoms with E-state index in [9.17, 15) is 9.59 Å². The van der Waals surface area contributed by atoms with Crippen LogP contribution in [0.5, 0.6) is 5.75 Å². The van der Waals surface area contributed by atoms with E-state index in [2.05, 4.69) is 5.43 Å². The summed E-state index contributed by atoms with van der Waals surface area (Å²) in [5.41, 5.74) is 6.10. The first kappa shape index (κ1) is 20.4. The number of hydrogen-bond acceptors (Lipinski definition) is 5. The summed E-state index contributed by atoms with van der Waals surface area (Å²) >= 11 is 0. The maximum absolute atomic E-state index is 13.6. The van der Waals surface area contributed by atoms with Gasteiger partial charge in [-0.25, -0.2) is 15.3 Å². The molecular weight excluding hydrogens is 402 g/mol. The Morgan fingerprint density at radius 1 is 0.844 bits per heavy atom. The van der Waals surface area contributed by atoms with E-state index in [1.165, 1.54) is 4.90 Å². The minimum absolute atomic E-state index is 0.180. The molecule has 162 valence electrons. The first-order chi connectivity index (χ1) is 15.7. The summed E-state index contributed by atoms with van der Waals surface area (Å²) in [7, 11) is 0. The van der Waals surface area contributed by atoms with E-state index in [1.807, 2.05) is 72.6 Å². The number of benzene rings is 3. The first-order valence-electron chi connectivity index (χ1n) is 10.9. The molecule has 32 heavy (non-hydrogen) atoms. The third-order valence-electron chi connectivity index (χ3n) is 6.08. The van der Waals surface area contributed by atoms with Gasteiger partial charge in [0, 0.05) is 6.54 Å². The highest BCUT2D eigenvalue weighted by Gasteiger charge is 2.58. The Morgan fingerprint density at radius 2 is 1.50 bits per heavy atom. The molecule has 3 aromatic rings. The number of fused-ring (bicyclic) bond motifs is 1. The fraction of sp³-hybridized carbons (Fsp3) is 0.231. The van der Waals surface area contributed by atoms with Crippen molar-refractivity contribution in [1.29, 1.82) is 0 Å². The second kappa shape index (κ2) is 8.57. The van der Waals surface area contributed by atoms with Gasteiger partial charge in [0.05, 0.1) is 24.3 Å². The summed E-state index contributed by atoms with van der Waals surface area (Å²) in [4.78, 5) is 28.5. The highest BCUT2D eigenvalue weighted by molar-refractivity contribution is 6.24. The van der Waals surface area contributed by atoms with E-state index in [0.29, 0.717) is 24.6 Å². The van der Waals surface area contributed by atoms with Gasteiger partial charge in [0.1, 0.15) is 11.8 Å². The molecule has 0 unspecified atom stereocenters. The zero-order chi connectivity index (χ0) is 22.1. The van der Waals surface area contributed by atoms with E-state index in [1.54, 1.807) is 24.3 Å². The Bertz CT molecular complexity index is 1100. The van der Waals surface area contributed by atoms with Gasteiger partial charge < -0.3 is 4.74 Å². The standard InChI is InChI=1S/C26H25N3O3/c1-2-32-21-15-13-20(14-16-21)29-25(30)22-23(19-11-7-4-8-12-19)27-28(24(22)26(29)31)17-18-9-5-3-6-10-18/h3-16,22-24,27H,2,17H2,1H3/t22-,23-,24-/m0/s1. The van der Waals surface area contributed by atoms with Crippen molar-refractivity contribution in [2.75, 3.05) is 11.5 Å². The van der Waals surface area contributed by atoms with Gasteiger partial charge in [0.25, 0.3) is 5.91 Å². The monoisotopic (exact) mass is 427 g/mol. The van der Waals surface area contributed by atoms with Crippen molar-refractivity contribution in [3.63, 3.8) is 0 Å². The Kier molecular flexibility index (Phi) is 5.47. The van der Waals surface area contributed by atoms with E-state index in [4.69, 9.17) is 4.74 Å². The van der Waals surface area contributed by atoms with Crippen LogP contribution in [0.25, 0.3) is 0 Å². The normalized spacial score (nSPS) is 22.9. The molecule has 3 atom stereocenters. The van der Waals surface area contributed by atoms with Gasteiger partial charge in [-0.1, -0.05) is 60.7 Å². The lowest BCUT2D eigenvalue weighted by Gasteiger charge is -2.25. The van der Waals surface area contributed by atoms with Gasteiger partial charge in [-0.3, -0.25) is 9.59 Å². The van der Waals surface area contributed by atoms with E-state index in [-0.39, 0.29) is 17.9 Å². The van der Waals surface area contributed by atoms with Gasteiger partial charge in [0.15, 0.2) is 0 Å². The molecule has 5 rings (SSSR count). The van der Waals surface area contributed by atoms with Crippen LogP contribution in [0.1, 0.15) is 24.1 Å². The van der Waals surface area contributed by atoms with Crippen LogP contribution in [-0.2, 0) is 16.1 Å². The van der Waals surface area contributed by atoms with Crippen molar-refractivity contribution in [2.45, 2.75) is 25.6 Å². The van der Waals surface area contributed by atoms with Crippen LogP contribution < -0.4 is 15.1 Å². The van der Waals surface area contributed by atoms with Crippen LogP contribution in [0.4, 0.5) is 5.69 Å². The van der Waals surface area contributed by atoms with Crippen molar-refractivity contribution in [3.05, 3.63) is 96.1 Å². The Balaban J connectivity index is 1.50. The molecular formula is C26H25N3O3. The highest BCUT2D eigenvalue weighted by Crippen LogP contribution is 2.42. The van der Waals surface area contributed by atoms with Crippen LogP contribution in [-0.4, -0.2) is 29.5 Å². The molecule has 6 heteroatoms. The number of nitrogens with zero attached hydrogens (tertiary/aromatic N) is 2. The molecule has 3 aromatic carbocycles. The molecule has 0 radical (unpaired) electrons. The molecule has 2 fully saturated rings. The van der Waals surface area contributed by atoms with Gasteiger partial charge in [-0.15, -0.1) is 0 Å². The predicted molar refractivity (Wildman–Crippen MR) is 122 cm³/mol. The number of carbonyl (C=O) groups is 2. The van der Waals surface area contributed by atoms with Gasteiger partial charge in [-0.2, -0.15) is 0 Å². The Hall–Kier alpha value is -3.48. The summed E-state index contributed by atoms with van der Waals surface area (Å²) in [6.45, 7) is 3.01. The topological polar surface area (TPSA) is 61.9 Å². The number of imide groups is 1. The zero-order valence-corrected chi connectivity index (χ0v) is 17.8. The predicted octanol–water partition coefficient (Wildman–Crippen LogP) is 3.71. The van der Waals surface area contributed by atoms with Crippen molar-refractivity contribution in [2.24, 2.45) is 5.92 Å². The van der Waals surface area contributed by atoms with E-state index in [0.717, 1.165) is 11.1 Å². The summed E-state index contributed by atoms with van der Waals surface area (Å²) in [5, 5.41) is 1.92. The summed E-state index contributed by atoms with van der Waals surface area (Å²) in [6.07, 6.45) is 0. The van der Waals surface area contributed by atoms with Gasteiger partial charge >= 0.3 is 0 Å². The molecule has 2 heterocycles. The van der Waals surface area contributed by atoms with Crippen molar-refractivity contribution >= 4 is 17.5 Å². The largest absolute Gasteiger partial charge is 0.494 e.